The van der Waals surface area contributed by atoms with Crippen molar-refractivity contribution in [3.05, 3.63) is 18.2 Å². The summed E-state index contributed by atoms with van der Waals surface area (Å²) in [5.41, 5.74) is 0.939. The van der Waals surface area contributed by atoms with Crippen molar-refractivity contribution in [1.29, 1.82) is 0 Å². The average molecular weight is 230 g/mol. The van der Waals surface area contributed by atoms with E-state index < -0.39 is 15.3 Å². The van der Waals surface area contributed by atoms with Crippen molar-refractivity contribution in [3.63, 3.8) is 0 Å². The molecule has 0 amide bonds. The maximum absolute atomic E-state index is 10.8. The summed E-state index contributed by atoms with van der Waals surface area (Å²) in [6.07, 6.45) is 0. The molecule has 7 heteroatoms. The molecule has 0 spiro atoms. The van der Waals surface area contributed by atoms with E-state index in [0.717, 1.165) is 0 Å². The SMILES string of the molecule is O=S(=O)(O)c1nc2c(S)cccc2[nH]1. The second-order valence-electron chi connectivity index (χ2n) is 2.69. The molecule has 14 heavy (non-hydrogen) atoms. The minimum absolute atomic E-state index is 0.420. The molecule has 0 saturated heterocycles. The molecule has 5 nitrogen and oxygen atoms in total. The predicted octanol–water partition coefficient (Wildman–Crippen LogP) is 1.10. The largest absolute Gasteiger partial charge is 0.328 e. The van der Waals surface area contributed by atoms with Crippen LogP contribution in [0.15, 0.2) is 28.3 Å². The molecule has 0 atom stereocenters. The zero-order chi connectivity index (χ0) is 10.3. The summed E-state index contributed by atoms with van der Waals surface area (Å²) in [7, 11) is -4.28. The van der Waals surface area contributed by atoms with Crippen molar-refractivity contribution in [2.75, 3.05) is 0 Å². The normalized spacial score (nSPS) is 12.1. The van der Waals surface area contributed by atoms with Crippen LogP contribution in [0.1, 0.15) is 0 Å². The Labute approximate surface area is 85.3 Å². The molecule has 74 valence electrons. The summed E-state index contributed by atoms with van der Waals surface area (Å²) in [4.78, 5) is 6.74. The van der Waals surface area contributed by atoms with Crippen LogP contribution in [0.4, 0.5) is 0 Å². The molecule has 0 bridgehead atoms. The van der Waals surface area contributed by atoms with E-state index in [0.29, 0.717) is 15.9 Å². The number of hydrogen-bond acceptors (Lipinski definition) is 4. The van der Waals surface area contributed by atoms with Gasteiger partial charge in [-0.3, -0.25) is 4.55 Å². The number of nitrogens with one attached hydrogen (secondary N) is 1. The summed E-state index contributed by atoms with van der Waals surface area (Å²) in [6.45, 7) is 0. The molecule has 1 heterocycles. The van der Waals surface area contributed by atoms with Gasteiger partial charge in [-0.1, -0.05) is 6.07 Å². The molecule has 1 aromatic carbocycles. The Morgan fingerprint density at radius 1 is 1.43 bits per heavy atom. The number of fused-ring (bicyclic) bond motifs is 1. The van der Waals surface area contributed by atoms with E-state index in [9.17, 15) is 8.42 Å². The smallest absolute Gasteiger partial charge is 0.327 e. The summed E-state index contributed by atoms with van der Waals surface area (Å²) in [5, 5.41) is -0.464. The van der Waals surface area contributed by atoms with Crippen LogP contribution in [0.3, 0.4) is 0 Å². The highest BCUT2D eigenvalue weighted by Gasteiger charge is 2.15. The van der Waals surface area contributed by atoms with Gasteiger partial charge in [0.05, 0.1) is 5.52 Å². The van der Waals surface area contributed by atoms with Crippen molar-refractivity contribution in [3.8, 4) is 0 Å². The fourth-order valence-electron chi connectivity index (χ4n) is 1.12. The topological polar surface area (TPSA) is 83.1 Å². The van der Waals surface area contributed by atoms with Crippen molar-refractivity contribution in [2.45, 2.75) is 10.1 Å². The first-order chi connectivity index (χ1) is 6.48. The van der Waals surface area contributed by atoms with Gasteiger partial charge < -0.3 is 4.98 Å². The van der Waals surface area contributed by atoms with Crippen LogP contribution in [-0.4, -0.2) is 22.9 Å². The standard InChI is InChI=1S/C7H6N2O3S2/c10-14(11,12)7-8-4-2-1-3-5(13)6(4)9-7/h1-3,13H,(H,8,9)(H,10,11,12). The fraction of sp³-hybridized carbons (Fsp3) is 0. The third kappa shape index (κ3) is 1.49. The van der Waals surface area contributed by atoms with Gasteiger partial charge in [0.2, 0.25) is 0 Å². The van der Waals surface area contributed by atoms with E-state index in [-0.39, 0.29) is 0 Å². The van der Waals surface area contributed by atoms with E-state index in [1.807, 2.05) is 0 Å². The number of aromatic amines is 1. The molecule has 0 saturated carbocycles. The lowest BCUT2D eigenvalue weighted by molar-refractivity contribution is 0.476. The number of H-pyrrole nitrogens is 1. The molecule has 0 aliphatic carbocycles. The Morgan fingerprint density at radius 3 is 2.71 bits per heavy atom. The molecule has 0 aliphatic rings. The average Bonchev–Trinajstić information content (AvgIpc) is 2.48. The number of para-hydroxylation sites is 1. The van der Waals surface area contributed by atoms with Crippen molar-refractivity contribution in [2.24, 2.45) is 0 Å². The van der Waals surface area contributed by atoms with Gasteiger partial charge in [0.25, 0.3) is 5.16 Å². The molecular weight excluding hydrogens is 224 g/mol. The van der Waals surface area contributed by atoms with E-state index in [4.69, 9.17) is 4.55 Å². The Morgan fingerprint density at radius 2 is 2.14 bits per heavy atom. The second kappa shape index (κ2) is 2.97. The predicted molar refractivity (Wildman–Crippen MR) is 53.2 cm³/mol. The highest BCUT2D eigenvalue weighted by molar-refractivity contribution is 7.85. The minimum atomic E-state index is -4.28. The van der Waals surface area contributed by atoms with Crippen molar-refractivity contribution < 1.29 is 13.0 Å². The van der Waals surface area contributed by atoms with E-state index in [1.54, 1.807) is 18.2 Å². The van der Waals surface area contributed by atoms with Crippen molar-refractivity contribution in [1.82, 2.24) is 9.97 Å². The van der Waals surface area contributed by atoms with Gasteiger partial charge in [-0.05, 0) is 12.1 Å². The van der Waals surface area contributed by atoms with E-state index in [2.05, 4.69) is 22.6 Å². The summed E-state index contributed by atoms with van der Waals surface area (Å²) >= 11 is 4.10. The van der Waals surface area contributed by atoms with Crippen LogP contribution in [-0.2, 0) is 10.1 Å². The van der Waals surface area contributed by atoms with E-state index in [1.165, 1.54) is 0 Å². The van der Waals surface area contributed by atoms with Crippen LogP contribution < -0.4 is 0 Å². The van der Waals surface area contributed by atoms with E-state index >= 15 is 0 Å². The molecule has 2 rings (SSSR count). The summed E-state index contributed by atoms with van der Waals surface area (Å²) in [6, 6.07) is 5.04. The number of thiol groups is 1. The number of aromatic nitrogens is 2. The maximum atomic E-state index is 10.8. The van der Waals surface area contributed by atoms with Crippen LogP contribution in [0.5, 0.6) is 0 Å². The van der Waals surface area contributed by atoms with Gasteiger partial charge in [-0.15, -0.1) is 12.6 Å². The molecule has 0 aliphatic heterocycles. The number of nitrogens with zero attached hydrogens (tertiary/aromatic N) is 1. The zero-order valence-electron chi connectivity index (χ0n) is 6.80. The van der Waals surface area contributed by atoms with Gasteiger partial charge in [0.1, 0.15) is 5.52 Å². The lowest BCUT2D eigenvalue weighted by Crippen LogP contribution is -1.99. The van der Waals surface area contributed by atoms with Gasteiger partial charge in [-0.25, -0.2) is 4.98 Å². The number of benzene rings is 1. The molecule has 0 fully saturated rings. The Balaban J connectivity index is 2.81. The molecule has 0 unspecified atom stereocenters. The maximum Gasteiger partial charge on any atom is 0.328 e. The molecule has 2 N–H and O–H groups in total. The first kappa shape index (κ1) is 9.50. The minimum Gasteiger partial charge on any atom is -0.327 e. The summed E-state index contributed by atoms with van der Waals surface area (Å²) < 4.78 is 30.2. The molecular formula is C7H6N2O3S2. The number of imidazole rings is 1. The quantitative estimate of drug-likeness (QED) is 0.506. The number of rotatable bonds is 1. The molecule has 2 aromatic rings. The Kier molecular flexibility index (Phi) is 2.02. The fourth-order valence-corrected chi connectivity index (χ4v) is 1.82. The van der Waals surface area contributed by atoms with Crippen LogP contribution >= 0.6 is 12.6 Å². The van der Waals surface area contributed by atoms with Crippen LogP contribution in [0, 0.1) is 0 Å². The lowest BCUT2D eigenvalue weighted by atomic mass is 10.3. The van der Waals surface area contributed by atoms with Gasteiger partial charge in [0, 0.05) is 4.90 Å². The molecule has 0 radical (unpaired) electrons. The van der Waals surface area contributed by atoms with Crippen LogP contribution in [0.25, 0.3) is 11.0 Å². The first-order valence-electron chi connectivity index (χ1n) is 3.63. The zero-order valence-corrected chi connectivity index (χ0v) is 8.51. The lowest BCUT2D eigenvalue weighted by Gasteiger charge is -1.89. The third-order valence-corrected chi connectivity index (χ3v) is 2.76. The Hall–Kier alpha value is -1.05. The highest BCUT2D eigenvalue weighted by Crippen LogP contribution is 2.20. The summed E-state index contributed by atoms with van der Waals surface area (Å²) in [5.74, 6) is 0. The molecule has 1 aromatic heterocycles. The third-order valence-electron chi connectivity index (χ3n) is 1.71. The van der Waals surface area contributed by atoms with Gasteiger partial charge in [-0.2, -0.15) is 8.42 Å². The van der Waals surface area contributed by atoms with Crippen LogP contribution in [0.2, 0.25) is 0 Å². The van der Waals surface area contributed by atoms with Gasteiger partial charge in [0.15, 0.2) is 0 Å². The number of hydrogen-bond donors (Lipinski definition) is 3. The van der Waals surface area contributed by atoms with Gasteiger partial charge >= 0.3 is 10.1 Å². The second-order valence-corrected chi connectivity index (χ2v) is 4.51. The van der Waals surface area contributed by atoms with Crippen molar-refractivity contribution >= 4 is 33.8 Å². The highest BCUT2D eigenvalue weighted by atomic mass is 32.2. The first-order valence-corrected chi connectivity index (χ1v) is 5.52. The monoisotopic (exact) mass is 230 g/mol. The Bertz CT molecular complexity index is 588.